The van der Waals surface area contributed by atoms with E-state index in [2.05, 4.69) is 86.5 Å². The summed E-state index contributed by atoms with van der Waals surface area (Å²) in [6.07, 6.45) is 73.4. The summed E-state index contributed by atoms with van der Waals surface area (Å²) >= 11 is 0. The number of hydrogen-bond donors (Lipinski definition) is 4. The molecule has 4 N–H and O–H groups in total. The van der Waals surface area contributed by atoms with Gasteiger partial charge < -0.3 is 40.5 Å². The van der Waals surface area contributed by atoms with Crippen LogP contribution in [0.3, 0.4) is 0 Å². The van der Waals surface area contributed by atoms with E-state index in [-0.39, 0.29) is 54.5 Å². The van der Waals surface area contributed by atoms with Crippen molar-refractivity contribution in [1.82, 2.24) is 31.1 Å². The molecule has 0 saturated carbocycles. The van der Waals surface area contributed by atoms with E-state index in [1.165, 1.54) is 244 Å². The number of hydrogen-bond acceptors (Lipinski definition) is 10. The molecule has 0 unspecified atom stereocenters. The minimum atomic E-state index is -0.549. The second kappa shape index (κ2) is 77.6. The van der Waals surface area contributed by atoms with Gasteiger partial charge in [0.25, 0.3) is 0 Å². The van der Waals surface area contributed by atoms with Gasteiger partial charge in [0.1, 0.15) is 0 Å². The highest BCUT2D eigenvalue weighted by atomic mass is 16.5. The SMILES string of the molecule is CCCCCCCCCCCOC(=O)C(C)(C)CCCCN(CCCCCCCC(=O)NC(CCCCCCCC)CCCCCCCC)CCNC(=O)CCC(=O)NCCN(CCCCCCC(C)(C)C(=O)NC(CCCCCCCC)CCCCCCCC)CCCCC(C)(C)C(=O)OCCCCCCCCCCC. The molecule has 0 aromatic heterocycles. The van der Waals surface area contributed by atoms with Crippen LogP contribution in [0.1, 0.15) is 500 Å². The first kappa shape index (κ1) is 109. The second-order valence-electron chi connectivity index (χ2n) is 36.7. The Hall–Kier alpha value is -3.26. The molecule has 0 aliphatic carbocycles. The van der Waals surface area contributed by atoms with Crippen LogP contribution in [-0.4, -0.2) is 123 Å². The highest BCUT2D eigenvalue weighted by molar-refractivity contribution is 5.84. The van der Waals surface area contributed by atoms with Crippen molar-refractivity contribution in [3.8, 4) is 0 Å². The number of nitrogens with zero attached hydrogens (tertiary/aromatic N) is 2. The normalized spacial score (nSPS) is 12.1. The fourth-order valence-corrected chi connectivity index (χ4v) is 15.8. The van der Waals surface area contributed by atoms with E-state index in [0.29, 0.717) is 51.9 Å². The number of carbonyl (C=O) groups excluding carboxylic acids is 6. The van der Waals surface area contributed by atoms with Crippen LogP contribution in [0, 0.1) is 16.2 Å². The van der Waals surface area contributed by atoms with Crippen LogP contribution >= 0.6 is 0 Å². The molecule has 0 atom stereocenters. The molecule has 0 spiro atoms. The van der Waals surface area contributed by atoms with Crippen LogP contribution < -0.4 is 21.3 Å². The molecular weight excluding hydrogens is 1390 g/mol. The highest BCUT2D eigenvalue weighted by Crippen LogP contribution is 2.29. The van der Waals surface area contributed by atoms with Gasteiger partial charge >= 0.3 is 11.9 Å². The third kappa shape index (κ3) is 68.8. The number of esters is 2. The van der Waals surface area contributed by atoms with Crippen LogP contribution in [0.4, 0.5) is 0 Å². The summed E-state index contributed by atoms with van der Waals surface area (Å²) in [7, 11) is 0. The predicted octanol–water partition coefficient (Wildman–Crippen LogP) is 26.4. The van der Waals surface area contributed by atoms with E-state index in [0.717, 1.165) is 180 Å². The van der Waals surface area contributed by atoms with Gasteiger partial charge in [0.2, 0.25) is 23.6 Å². The Morgan fingerprint density at radius 1 is 0.259 bits per heavy atom. The van der Waals surface area contributed by atoms with Gasteiger partial charge in [-0.05, 0) is 144 Å². The van der Waals surface area contributed by atoms with Crippen LogP contribution in [0.5, 0.6) is 0 Å². The minimum absolute atomic E-state index is 0.0976. The standard InChI is InChI=1S/C98H192N6O8/c1-13-19-25-31-37-39-41-52-66-86-111-94(109)97(9,10)76-60-64-82-103(80-62-50-43-48-58-72-92(107)101-88(68-54-44-33-27-21-15-3)69-55-45-34-28-22-16-4)84-78-99-90(105)73-74-91(106)100-79-85-104(83-65-61-77-98(11,12)95(110)112-87-67-53-42-40-38-32-26-20-14-2)81-63-51-49-59-75-96(7,8)93(108)102-89(70-56-46-35-29-23-17-5)71-57-47-36-30-24-18-6/h88-89H,13-87H2,1-12H3,(H,99,105)(H,100,106)(H,101,107)(H,102,108). The summed E-state index contributed by atoms with van der Waals surface area (Å²) in [6, 6.07) is 0.566. The maximum atomic E-state index is 13.9. The number of nitrogens with one attached hydrogen (secondary N) is 4. The van der Waals surface area contributed by atoms with Crippen molar-refractivity contribution in [1.29, 1.82) is 0 Å². The summed E-state index contributed by atoms with van der Waals surface area (Å²) in [4.78, 5) is 85.5. The quantitative estimate of drug-likeness (QED) is 0.0339. The monoisotopic (exact) mass is 1580 g/mol. The van der Waals surface area contributed by atoms with Crippen LogP contribution in [0.15, 0.2) is 0 Å². The lowest BCUT2D eigenvalue weighted by Gasteiger charge is -2.28. The zero-order valence-corrected chi connectivity index (χ0v) is 76.8. The zero-order chi connectivity index (χ0) is 82.5. The topological polar surface area (TPSA) is 175 Å². The van der Waals surface area contributed by atoms with Gasteiger partial charge in [-0.2, -0.15) is 0 Å². The molecule has 0 aliphatic heterocycles. The van der Waals surface area contributed by atoms with E-state index in [1.54, 1.807) is 0 Å². The van der Waals surface area contributed by atoms with Crippen molar-refractivity contribution in [2.24, 2.45) is 16.2 Å². The summed E-state index contributed by atoms with van der Waals surface area (Å²) < 4.78 is 11.7. The molecule has 0 aromatic carbocycles. The van der Waals surface area contributed by atoms with Crippen LogP contribution in [0.2, 0.25) is 0 Å². The number of rotatable bonds is 87. The Kier molecular flexibility index (Phi) is 75.4. The first-order valence-corrected chi connectivity index (χ1v) is 49.1. The molecule has 4 amide bonds. The lowest BCUT2D eigenvalue weighted by atomic mass is 9.85. The fourth-order valence-electron chi connectivity index (χ4n) is 15.8. The first-order chi connectivity index (χ1) is 54.2. The van der Waals surface area contributed by atoms with Crippen molar-refractivity contribution >= 4 is 35.6 Å². The van der Waals surface area contributed by atoms with E-state index < -0.39 is 16.2 Å². The third-order valence-corrected chi connectivity index (χ3v) is 24.0. The number of ether oxygens (including phenoxy) is 2. The Bertz CT molecular complexity index is 2120. The molecule has 0 fully saturated rings. The summed E-state index contributed by atoms with van der Waals surface area (Å²) in [5, 5.41) is 13.3. The molecule has 0 radical (unpaired) electrons. The lowest BCUT2D eigenvalue weighted by molar-refractivity contribution is -0.155. The molecular formula is C98H192N6O8. The number of unbranched alkanes of at least 4 members (excludes halogenated alkanes) is 45. The Morgan fingerprint density at radius 2 is 0.509 bits per heavy atom. The molecule has 0 aliphatic rings. The molecule has 14 heteroatoms. The molecule has 14 nitrogen and oxygen atoms in total. The van der Waals surface area contributed by atoms with Crippen molar-refractivity contribution in [3.05, 3.63) is 0 Å². The molecule has 0 heterocycles. The van der Waals surface area contributed by atoms with Crippen molar-refractivity contribution in [3.63, 3.8) is 0 Å². The average Bonchev–Trinajstić information content (AvgIpc) is 0.890. The van der Waals surface area contributed by atoms with Gasteiger partial charge in [-0.15, -0.1) is 0 Å². The molecule has 0 aromatic rings. The Morgan fingerprint density at radius 3 is 0.839 bits per heavy atom. The van der Waals surface area contributed by atoms with Crippen molar-refractivity contribution < 1.29 is 38.2 Å². The summed E-state index contributed by atoms with van der Waals surface area (Å²) in [6.45, 7) is 33.0. The maximum Gasteiger partial charge on any atom is 0.311 e. The molecule has 0 saturated heterocycles. The van der Waals surface area contributed by atoms with E-state index in [4.69, 9.17) is 9.47 Å². The zero-order valence-electron chi connectivity index (χ0n) is 76.8. The van der Waals surface area contributed by atoms with E-state index in [9.17, 15) is 28.8 Å². The molecule has 112 heavy (non-hydrogen) atoms. The van der Waals surface area contributed by atoms with Gasteiger partial charge in [0.15, 0.2) is 0 Å². The summed E-state index contributed by atoms with van der Waals surface area (Å²) in [5.41, 5.74) is -1.51. The molecule has 662 valence electrons. The van der Waals surface area contributed by atoms with Crippen LogP contribution in [0.25, 0.3) is 0 Å². The van der Waals surface area contributed by atoms with Gasteiger partial charge in [-0.1, -0.05) is 364 Å². The maximum absolute atomic E-state index is 13.9. The largest absolute Gasteiger partial charge is 0.465 e. The number of amides is 4. The van der Waals surface area contributed by atoms with Gasteiger partial charge in [0, 0.05) is 62.9 Å². The lowest BCUT2D eigenvalue weighted by Crippen LogP contribution is -2.43. The van der Waals surface area contributed by atoms with E-state index in [1.807, 2.05) is 27.7 Å². The predicted molar refractivity (Wildman–Crippen MR) is 480 cm³/mol. The smallest absolute Gasteiger partial charge is 0.311 e. The van der Waals surface area contributed by atoms with Gasteiger partial charge in [0.05, 0.1) is 24.0 Å². The molecule has 0 bridgehead atoms. The van der Waals surface area contributed by atoms with Gasteiger partial charge in [-0.3, -0.25) is 28.8 Å². The van der Waals surface area contributed by atoms with Crippen LogP contribution in [-0.2, 0) is 38.2 Å². The Labute approximate surface area is 695 Å². The van der Waals surface area contributed by atoms with Gasteiger partial charge in [-0.25, -0.2) is 0 Å². The third-order valence-electron chi connectivity index (χ3n) is 24.0. The first-order valence-electron chi connectivity index (χ1n) is 49.1. The minimum Gasteiger partial charge on any atom is -0.465 e. The second-order valence-corrected chi connectivity index (χ2v) is 36.7. The van der Waals surface area contributed by atoms with Crippen molar-refractivity contribution in [2.75, 3.05) is 65.6 Å². The van der Waals surface area contributed by atoms with E-state index >= 15 is 0 Å². The fraction of sp³-hybridized carbons (Fsp3) is 0.939. The van der Waals surface area contributed by atoms with Crippen molar-refractivity contribution in [2.45, 2.75) is 513 Å². The molecule has 0 rings (SSSR count). The Balaban J connectivity index is 5.73. The summed E-state index contributed by atoms with van der Waals surface area (Å²) in [5.74, 6) is 0.00477. The number of carbonyl (C=O) groups is 6. The highest BCUT2D eigenvalue weighted by Gasteiger charge is 2.31. The average molecular weight is 1580 g/mol.